The van der Waals surface area contributed by atoms with Crippen LogP contribution in [0.15, 0.2) is 0 Å². The molecule has 0 bridgehead atoms. The molecule has 0 rings (SSSR count). The summed E-state index contributed by atoms with van der Waals surface area (Å²) in [5.41, 5.74) is 0.454. The molecule has 73 valence electrons. The molecular formula is C11H23O. The van der Waals surface area contributed by atoms with Crippen molar-refractivity contribution in [2.24, 2.45) is 11.3 Å². The van der Waals surface area contributed by atoms with Gasteiger partial charge in [0, 0.05) is 6.61 Å². The van der Waals surface area contributed by atoms with Crippen molar-refractivity contribution in [1.29, 1.82) is 0 Å². The molecule has 0 aromatic carbocycles. The highest BCUT2D eigenvalue weighted by molar-refractivity contribution is 4.66. The minimum absolute atomic E-state index is 0.454. The Labute approximate surface area is 77.5 Å². The number of hydrogen-bond acceptors (Lipinski definition) is 1. The highest BCUT2D eigenvalue weighted by Crippen LogP contribution is 2.25. The molecule has 1 heteroatoms. The van der Waals surface area contributed by atoms with Gasteiger partial charge in [-0.25, -0.2) is 0 Å². The molecular weight excluding hydrogens is 148 g/mol. The molecule has 0 saturated carbocycles. The summed E-state index contributed by atoms with van der Waals surface area (Å²) in [7, 11) is 0. The van der Waals surface area contributed by atoms with E-state index in [2.05, 4.69) is 27.7 Å². The van der Waals surface area contributed by atoms with E-state index in [1.807, 2.05) is 6.92 Å². The van der Waals surface area contributed by atoms with E-state index in [1.54, 1.807) is 6.61 Å². The third-order valence-electron chi connectivity index (χ3n) is 1.86. The molecule has 0 heterocycles. The van der Waals surface area contributed by atoms with Crippen LogP contribution < -0.4 is 0 Å². The average Bonchev–Trinajstić information content (AvgIpc) is 1.84. The fourth-order valence-corrected chi connectivity index (χ4v) is 1.53. The normalized spacial score (nSPS) is 14.8. The summed E-state index contributed by atoms with van der Waals surface area (Å²) in [6.45, 7) is 13.7. The van der Waals surface area contributed by atoms with Crippen molar-refractivity contribution in [1.82, 2.24) is 0 Å². The Morgan fingerprint density at radius 2 is 1.92 bits per heavy atom. The van der Waals surface area contributed by atoms with Gasteiger partial charge < -0.3 is 4.74 Å². The van der Waals surface area contributed by atoms with Gasteiger partial charge in [-0.3, -0.25) is 0 Å². The Bertz CT molecular complexity index is 102. The van der Waals surface area contributed by atoms with Gasteiger partial charge in [0.25, 0.3) is 0 Å². The van der Waals surface area contributed by atoms with Crippen LogP contribution in [0.5, 0.6) is 0 Å². The zero-order chi connectivity index (χ0) is 9.61. The van der Waals surface area contributed by atoms with E-state index in [0.29, 0.717) is 5.41 Å². The van der Waals surface area contributed by atoms with E-state index in [-0.39, 0.29) is 0 Å². The maximum atomic E-state index is 5.19. The van der Waals surface area contributed by atoms with Crippen LogP contribution in [0.1, 0.15) is 47.5 Å². The van der Waals surface area contributed by atoms with Gasteiger partial charge >= 0.3 is 0 Å². The predicted molar refractivity (Wildman–Crippen MR) is 53.8 cm³/mol. The molecule has 0 amide bonds. The van der Waals surface area contributed by atoms with Crippen molar-refractivity contribution in [3.63, 3.8) is 0 Å². The van der Waals surface area contributed by atoms with Crippen LogP contribution in [0, 0.1) is 17.9 Å². The topological polar surface area (TPSA) is 9.23 Å². The highest BCUT2D eigenvalue weighted by atomic mass is 16.5. The molecule has 0 fully saturated rings. The highest BCUT2D eigenvalue weighted by Gasteiger charge is 2.14. The largest absolute Gasteiger partial charge is 0.376 e. The van der Waals surface area contributed by atoms with Gasteiger partial charge in [0.15, 0.2) is 0 Å². The molecule has 0 aromatic heterocycles. The second kappa shape index (κ2) is 5.58. The maximum Gasteiger partial charge on any atom is 0.0805 e. The smallest absolute Gasteiger partial charge is 0.0805 e. The second-order valence-corrected chi connectivity index (χ2v) is 4.77. The van der Waals surface area contributed by atoms with Crippen molar-refractivity contribution in [3.05, 3.63) is 6.61 Å². The zero-order valence-corrected chi connectivity index (χ0v) is 9.18. The molecule has 0 N–H and O–H groups in total. The first-order chi connectivity index (χ1) is 5.45. The third kappa shape index (κ3) is 8.06. The van der Waals surface area contributed by atoms with E-state index < -0.39 is 0 Å². The van der Waals surface area contributed by atoms with Crippen LogP contribution >= 0.6 is 0 Å². The van der Waals surface area contributed by atoms with Gasteiger partial charge in [-0.1, -0.05) is 27.7 Å². The molecule has 1 nitrogen and oxygen atoms in total. The van der Waals surface area contributed by atoms with Crippen molar-refractivity contribution in [2.45, 2.75) is 47.5 Å². The Hall–Kier alpha value is -0.0400. The summed E-state index contributed by atoms with van der Waals surface area (Å²) >= 11 is 0. The van der Waals surface area contributed by atoms with E-state index in [4.69, 9.17) is 4.74 Å². The van der Waals surface area contributed by atoms with Gasteiger partial charge in [-0.15, -0.1) is 0 Å². The molecule has 0 aliphatic carbocycles. The Balaban J connectivity index is 3.40. The lowest BCUT2D eigenvalue weighted by Crippen LogP contribution is -2.12. The average molecular weight is 171 g/mol. The summed E-state index contributed by atoms with van der Waals surface area (Å²) in [5.74, 6) is 0.768. The Morgan fingerprint density at radius 3 is 2.33 bits per heavy atom. The summed E-state index contributed by atoms with van der Waals surface area (Å²) < 4.78 is 5.19. The van der Waals surface area contributed by atoms with Crippen molar-refractivity contribution in [3.8, 4) is 0 Å². The summed E-state index contributed by atoms with van der Waals surface area (Å²) in [6.07, 6.45) is 2.45. The van der Waals surface area contributed by atoms with Crippen LogP contribution in [-0.2, 0) is 4.74 Å². The minimum Gasteiger partial charge on any atom is -0.376 e. The van der Waals surface area contributed by atoms with E-state index >= 15 is 0 Å². The molecule has 1 atom stereocenters. The minimum atomic E-state index is 0.454. The number of hydrogen-bond donors (Lipinski definition) is 0. The van der Waals surface area contributed by atoms with Crippen LogP contribution in [0.25, 0.3) is 0 Å². The summed E-state index contributed by atoms with van der Waals surface area (Å²) in [4.78, 5) is 0. The van der Waals surface area contributed by atoms with E-state index in [1.165, 1.54) is 12.8 Å². The standard InChI is InChI=1S/C11H23O/c1-6-12-8-7-10(2)9-11(3,4)5/h6,10H,7-9H2,1-5H3. The monoisotopic (exact) mass is 171 g/mol. The van der Waals surface area contributed by atoms with Gasteiger partial charge in [-0.2, -0.15) is 0 Å². The first kappa shape index (κ1) is 12.0. The fourth-order valence-electron chi connectivity index (χ4n) is 1.53. The SMILES string of the molecule is C[CH]OCCC(C)CC(C)(C)C. The number of rotatable bonds is 5. The predicted octanol–water partition coefficient (Wildman–Crippen LogP) is 3.65. The number of ether oxygens (including phenoxy) is 1. The molecule has 0 aliphatic rings. The lowest BCUT2D eigenvalue weighted by Gasteiger charge is -2.22. The molecule has 0 saturated heterocycles. The quantitative estimate of drug-likeness (QED) is 0.574. The summed E-state index contributed by atoms with van der Waals surface area (Å²) in [6, 6.07) is 0. The molecule has 1 unspecified atom stereocenters. The van der Waals surface area contributed by atoms with Gasteiger partial charge in [0.2, 0.25) is 0 Å². The third-order valence-corrected chi connectivity index (χ3v) is 1.86. The summed E-state index contributed by atoms with van der Waals surface area (Å²) in [5, 5.41) is 0. The molecule has 12 heavy (non-hydrogen) atoms. The van der Waals surface area contributed by atoms with Crippen molar-refractivity contribution >= 4 is 0 Å². The van der Waals surface area contributed by atoms with Gasteiger partial charge in [-0.05, 0) is 31.1 Å². The van der Waals surface area contributed by atoms with E-state index in [9.17, 15) is 0 Å². The molecule has 0 aromatic rings. The maximum absolute atomic E-state index is 5.19. The van der Waals surface area contributed by atoms with Crippen molar-refractivity contribution in [2.75, 3.05) is 6.61 Å². The van der Waals surface area contributed by atoms with Crippen LogP contribution in [-0.4, -0.2) is 6.61 Å². The zero-order valence-electron chi connectivity index (χ0n) is 9.18. The molecule has 0 aliphatic heterocycles. The Morgan fingerprint density at radius 1 is 1.33 bits per heavy atom. The lowest BCUT2D eigenvalue weighted by atomic mass is 9.84. The van der Waals surface area contributed by atoms with Gasteiger partial charge in [0.1, 0.15) is 0 Å². The van der Waals surface area contributed by atoms with Crippen LogP contribution in [0.3, 0.4) is 0 Å². The fraction of sp³-hybridized carbons (Fsp3) is 0.909. The first-order valence-electron chi connectivity index (χ1n) is 4.85. The first-order valence-corrected chi connectivity index (χ1v) is 4.85. The lowest BCUT2D eigenvalue weighted by molar-refractivity contribution is 0.172. The van der Waals surface area contributed by atoms with Gasteiger partial charge in [0.05, 0.1) is 6.61 Å². The Kier molecular flexibility index (Phi) is 5.56. The van der Waals surface area contributed by atoms with Crippen LogP contribution in [0.4, 0.5) is 0 Å². The molecule has 1 radical (unpaired) electrons. The van der Waals surface area contributed by atoms with E-state index in [0.717, 1.165) is 12.5 Å². The van der Waals surface area contributed by atoms with Crippen LogP contribution in [0.2, 0.25) is 0 Å². The second-order valence-electron chi connectivity index (χ2n) is 4.77. The molecule has 0 spiro atoms. The van der Waals surface area contributed by atoms with Crippen molar-refractivity contribution < 1.29 is 4.74 Å².